The molecule has 5 heteroatoms. The maximum absolute atomic E-state index is 4.24. The minimum atomic E-state index is 0.972. The van der Waals surface area contributed by atoms with Gasteiger partial charge in [0.1, 0.15) is 10.1 Å². The first-order chi connectivity index (χ1) is 7.34. The monoisotopic (exact) mass is 298 g/mol. The van der Waals surface area contributed by atoms with Gasteiger partial charge in [-0.1, -0.05) is 22.0 Å². The van der Waals surface area contributed by atoms with Crippen LogP contribution in [0, 0.1) is 0 Å². The van der Waals surface area contributed by atoms with Gasteiger partial charge in [-0.05, 0) is 45.9 Å². The van der Waals surface area contributed by atoms with Crippen LogP contribution in [0.2, 0.25) is 0 Å². The van der Waals surface area contributed by atoms with E-state index in [1.54, 1.807) is 34.0 Å². The van der Waals surface area contributed by atoms with Crippen LogP contribution in [0.4, 0.5) is 0 Å². The third-order valence-electron chi connectivity index (χ3n) is 1.55. The molecule has 76 valence electrons. The molecule has 0 aliphatic heterocycles. The van der Waals surface area contributed by atoms with Gasteiger partial charge in [0.25, 0.3) is 0 Å². The van der Waals surface area contributed by atoms with Gasteiger partial charge in [0.2, 0.25) is 0 Å². The third-order valence-corrected chi connectivity index (χ3v) is 4.20. The van der Waals surface area contributed by atoms with E-state index in [0.717, 1.165) is 14.5 Å². The molecule has 0 atom stereocenters. The fraction of sp³-hybridized carbons (Fsp3) is 0. The van der Waals surface area contributed by atoms with Crippen LogP contribution in [0.25, 0.3) is 0 Å². The second-order valence-electron chi connectivity index (χ2n) is 2.65. The van der Waals surface area contributed by atoms with Gasteiger partial charge in [-0.15, -0.1) is 0 Å². The Morgan fingerprint density at radius 3 is 2.47 bits per heavy atom. The maximum Gasteiger partial charge on any atom is 0.108 e. The summed E-state index contributed by atoms with van der Waals surface area (Å²) in [4.78, 5) is 8.46. The Kier molecular flexibility index (Phi) is 4.05. The van der Waals surface area contributed by atoms with E-state index in [2.05, 4.69) is 25.9 Å². The molecule has 0 aromatic carbocycles. The van der Waals surface area contributed by atoms with Gasteiger partial charge in [-0.25, -0.2) is 9.97 Å². The van der Waals surface area contributed by atoms with Crippen molar-refractivity contribution >= 4 is 37.5 Å². The molecule has 15 heavy (non-hydrogen) atoms. The lowest BCUT2D eigenvalue weighted by atomic mass is 10.5. The number of aromatic nitrogens is 2. The number of rotatable bonds is 3. The van der Waals surface area contributed by atoms with Crippen LogP contribution in [-0.4, -0.2) is 9.97 Å². The number of nitrogens with zero attached hydrogens (tertiary/aromatic N) is 2. The maximum atomic E-state index is 4.24. The molecule has 0 aliphatic carbocycles. The fourth-order valence-electron chi connectivity index (χ4n) is 0.913. The molecule has 2 aromatic heterocycles. The van der Waals surface area contributed by atoms with E-state index in [4.69, 9.17) is 0 Å². The number of pyridine rings is 2. The Balaban J connectivity index is 1.99. The van der Waals surface area contributed by atoms with Gasteiger partial charge in [0.05, 0.1) is 0 Å². The first-order valence-electron chi connectivity index (χ1n) is 4.22. The fourth-order valence-corrected chi connectivity index (χ4v) is 3.17. The highest BCUT2D eigenvalue weighted by atomic mass is 79.9. The Hall–Kier alpha value is -0.520. The minimum absolute atomic E-state index is 0.972. The highest BCUT2D eigenvalue weighted by molar-refractivity contribution is 9.10. The van der Waals surface area contributed by atoms with Gasteiger partial charge in [-0.3, -0.25) is 0 Å². The molecule has 0 aliphatic rings. The Bertz CT molecular complexity index is 436. The largest absolute Gasteiger partial charge is 0.249 e. The average molecular weight is 299 g/mol. The van der Waals surface area contributed by atoms with Crippen molar-refractivity contribution < 1.29 is 0 Å². The summed E-state index contributed by atoms with van der Waals surface area (Å²) in [5.74, 6) is 0. The van der Waals surface area contributed by atoms with Gasteiger partial charge in [-0.2, -0.15) is 0 Å². The first-order valence-corrected chi connectivity index (χ1v) is 7.16. The molecule has 0 spiro atoms. The molecule has 0 unspecified atom stereocenters. The van der Waals surface area contributed by atoms with Crippen molar-refractivity contribution in [1.29, 1.82) is 0 Å². The van der Waals surface area contributed by atoms with Crippen molar-refractivity contribution in [3.63, 3.8) is 0 Å². The molecule has 0 saturated carbocycles. The van der Waals surface area contributed by atoms with Crippen LogP contribution in [0.3, 0.4) is 0 Å². The molecule has 0 saturated heterocycles. The van der Waals surface area contributed by atoms with E-state index in [1.807, 2.05) is 30.3 Å². The molecule has 2 heterocycles. The molecule has 0 fully saturated rings. The van der Waals surface area contributed by atoms with E-state index >= 15 is 0 Å². The van der Waals surface area contributed by atoms with Crippen molar-refractivity contribution in [3.05, 3.63) is 47.2 Å². The Morgan fingerprint density at radius 2 is 1.73 bits per heavy atom. The second-order valence-corrected chi connectivity index (χ2v) is 5.73. The lowest BCUT2D eigenvalue weighted by molar-refractivity contribution is 1.13. The van der Waals surface area contributed by atoms with Gasteiger partial charge in [0.15, 0.2) is 0 Å². The molecule has 0 bridgehead atoms. The predicted molar refractivity (Wildman–Crippen MR) is 67.9 cm³/mol. The van der Waals surface area contributed by atoms with Crippen LogP contribution in [0.5, 0.6) is 0 Å². The minimum Gasteiger partial charge on any atom is -0.249 e. The summed E-state index contributed by atoms with van der Waals surface area (Å²) in [7, 11) is 3.21. The zero-order valence-corrected chi connectivity index (χ0v) is 10.8. The van der Waals surface area contributed by atoms with E-state index in [9.17, 15) is 0 Å². The molecule has 0 N–H and O–H groups in total. The zero-order chi connectivity index (χ0) is 10.5. The predicted octanol–water partition coefficient (Wildman–Crippen LogP) is 4.04. The molecule has 2 rings (SSSR count). The summed E-state index contributed by atoms with van der Waals surface area (Å²) < 4.78 is 1.04. The Morgan fingerprint density at radius 1 is 0.933 bits per heavy atom. The summed E-state index contributed by atoms with van der Waals surface area (Å²) in [5, 5.41) is 1.96. The highest BCUT2D eigenvalue weighted by Crippen LogP contribution is 2.35. The lowest BCUT2D eigenvalue weighted by Gasteiger charge is -1.99. The number of halogens is 1. The molecular weight excluding hydrogens is 292 g/mol. The summed E-state index contributed by atoms with van der Waals surface area (Å²) in [6.45, 7) is 0. The van der Waals surface area contributed by atoms with E-state index in [1.165, 1.54) is 0 Å². The second kappa shape index (κ2) is 5.53. The molecule has 0 amide bonds. The van der Waals surface area contributed by atoms with Crippen molar-refractivity contribution in [1.82, 2.24) is 9.97 Å². The number of hydrogen-bond donors (Lipinski definition) is 0. The molecule has 2 aromatic rings. The molecule has 0 radical (unpaired) electrons. The van der Waals surface area contributed by atoms with Crippen molar-refractivity contribution in [2.75, 3.05) is 0 Å². The van der Waals surface area contributed by atoms with Crippen LogP contribution in [0.1, 0.15) is 0 Å². The summed E-state index contributed by atoms with van der Waals surface area (Å²) in [5.41, 5.74) is 0. The average Bonchev–Trinajstić information content (AvgIpc) is 2.28. The van der Waals surface area contributed by atoms with Crippen molar-refractivity contribution in [2.24, 2.45) is 0 Å². The van der Waals surface area contributed by atoms with E-state index in [-0.39, 0.29) is 0 Å². The van der Waals surface area contributed by atoms with Gasteiger partial charge < -0.3 is 0 Å². The normalized spacial score (nSPS) is 10.2. The van der Waals surface area contributed by atoms with Crippen molar-refractivity contribution in [3.8, 4) is 0 Å². The first kappa shape index (κ1) is 11.0. The van der Waals surface area contributed by atoms with Crippen LogP contribution < -0.4 is 0 Å². The van der Waals surface area contributed by atoms with Crippen LogP contribution >= 0.6 is 37.5 Å². The van der Waals surface area contributed by atoms with Crippen molar-refractivity contribution in [2.45, 2.75) is 10.1 Å². The SMILES string of the molecule is Brc1ccnc(SSc2ccccn2)c1. The third kappa shape index (κ3) is 3.52. The summed E-state index contributed by atoms with van der Waals surface area (Å²) in [6.07, 6.45) is 3.57. The Labute approximate surface area is 104 Å². The lowest BCUT2D eigenvalue weighted by Crippen LogP contribution is -1.77. The van der Waals surface area contributed by atoms with Crippen LogP contribution in [-0.2, 0) is 0 Å². The van der Waals surface area contributed by atoms with Gasteiger partial charge in [0, 0.05) is 16.9 Å². The van der Waals surface area contributed by atoms with Gasteiger partial charge >= 0.3 is 0 Å². The van der Waals surface area contributed by atoms with Crippen LogP contribution in [0.15, 0.2) is 57.3 Å². The molecule has 2 nitrogen and oxygen atoms in total. The summed E-state index contributed by atoms with van der Waals surface area (Å²) >= 11 is 3.41. The zero-order valence-electron chi connectivity index (χ0n) is 7.63. The van der Waals surface area contributed by atoms with E-state index in [0.29, 0.717) is 0 Å². The molecular formula is C10H7BrN2S2. The standard InChI is InChI=1S/C10H7BrN2S2/c11-8-4-6-13-10(7-8)15-14-9-3-1-2-5-12-9/h1-7H. The quantitative estimate of drug-likeness (QED) is 0.799. The van der Waals surface area contributed by atoms with E-state index < -0.39 is 0 Å². The number of hydrogen-bond acceptors (Lipinski definition) is 4. The smallest absolute Gasteiger partial charge is 0.108 e. The highest BCUT2D eigenvalue weighted by Gasteiger charge is 1.99. The topological polar surface area (TPSA) is 25.8 Å². The summed E-state index contributed by atoms with van der Waals surface area (Å²) in [6, 6.07) is 9.77.